The number of halogens is 1. The summed E-state index contributed by atoms with van der Waals surface area (Å²) < 4.78 is 16.7. The third-order valence-corrected chi connectivity index (χ3v) is 6.43. The second kappa shape index (κ2) is 11.4. The highest BCUT2D eigenvalue weighted by Crippen LogP contribution is 2.26. The molecule has 39 heavy (non-hydrogen) atoms. The highest BCUT2D eigenvalue weighted by molar-refractivity contribution is 5.98. The zero-order valence-electron chi connectivity index (χ0n) is 21.0. The third-order valence-electron chi connectivity index (χ3n) is 6.43. The minimum Gasteiger partial charge on any atom is -0.395 e. The first-order valence-corrected chi connectivity index (χ1v) is 12.4. The maximum atomic E-state index is 15.1. The van der Waals surface area contributed by atoms with Crippen molar-refractivity contribution in [3.05, 3.63) is 83.8 Å². The maximum Gasteiger partial charge on any atom is 0.247 e. The summed E-state index contributed by atoms with van der Waals surface area (Å²) in [6.07, 6.45) is 7.19. The van der Waals surface area contributed by atoms with E-state index in [4.69, 9.17) is 5.11 Å². The van der Waals surface area contributed by atoms with Crippen LogP contribution < -0.4 is 21.0 Å². The molecular formula is C27H27FN8O3. The minimum absolute atomic E-state index is 0.110. The zero-order valence-corrected chi connectivity index (χ0v) is 21.0. The average molecular weight is 531 g/mol. The Morgan fingerprint density at radius 3 is 2.67 bits per heavy atom. The second-order valence-corrected chi connectivity index (χ2v) is 8.95. The quantitative estimate of drug-likeness (QED) is 0.294. The van der Waals surface area contributed by atoms with Gasteiger partial charge >= 0.3 is 0 Å². The Bertz CT molecular complexity index is 1580. The van der Waals surface area contributed by atoms with Gasteiger partial charge in [-0.3, -0.25) is 24.0 Å². The molecule has 3 aromatic heterocycles. The van der Waals surface area contributed by atoms with Gasteiger partial charge in [0.05, 0.1) is 41.4 Å². The van der Waals surface area contributed by atoms with E-state index in [0.29, 0.717) is 48.0 Å². The van der Waals surface area contributed by atoms with E-state index in [-0.39, 0.29) is 35.1 Å². The number of aliphatic hydroxyl groups excluding tert-OH is 1. The standard InChI is InChI=1S/C27H27FN8O3/c1-2-25(39)31-19-13-20(16-29-15-19)36-6-5-24(38)21-17-30-27(33-26(21)36)32-18-3-4-23(22(28)14-18)35-9-7-34(8-10-35)11-12-37/h2-6,13-17,37H,1,7-12H2,(H,31,39)(H,30,32,33). The van der Waals surface area contributed by atoms with Crippen LogP contribution in [0.2, 0.25) is 0 Å². The highest BCUT2D eigenvalue weighted by atomic mass is 19.1. The molecule has 0 unspecified atom stereocenters. The molecule has 1 aromatic carbocycles. The molecule has 1 aliphatic heterocycles. The molecule has 0 aliphatic carbocycles. The number of fused-ring (bicyclic) bond motifs is 1. The minimum atomic E-state index is -0.380. The Hall–Kier alpha value is -4.68. The van der Waals surface area contributed by atoms with Gasteiger partial charge in [-0.05, 0) is 30.3 Å². The molecule has 0 atom stereocenters. The van der Waals surface area contributed by atoms with E-state index in [1.165, 1.54) is 24.5 Å². The molecule has 12 heteroatoms. The summed E-state index contributed by atoms with van der Waals surface area (Å²) in [6, 6.07) is 7.93. The van der Waals surface area contributed by atoms with E-state index >= 15 is 4.39 Å². The van der Waals surface area contributed by atoms with Crippen LogP contribution in [-0.4, -0.2) is 74.8 Å². The number of amides is 1. The Kier molecular flexibility index (Phi) is 7.57. The SMILES string of the molecule is C=CC(=O)Nc1cncc(-n2ccc(=O)c3cnc(Nc4ccc(N5CCN(CCO)CC5)c(F)c4)nc32)c1. The lowest BCUT2D eigenvalue weighted by Crippen LogP contribution is -2.47. The summed E-state index contributed by atoms with van der Waals surface area (Å²) in [7, 11) is 0. The van der Waals surface area contributed by atoms with Gasteiger partial charge in [-0.25, -0.2) is 9.37 Å². The number of rotatable bonds is 8. The van der Waals surface area contributed by atoms with Crippen molar-refractivity contribution in [3.63, 3.8) is 0 Å². The first kappa shape index (κ1) is 25.9. The molecular weight excluding hydrogens is 503 g/mol. The van der Waals surface area contributed by atoms with Gasteiger partial charge in [0.1, 0.15) is 5.82 Å². The predicted octanol–water partition coefficient (Wildman–Crippen LogP) is 2.30. The Morgan fingerprint density at radius 1 is 1.10 bits per heavy atom. The molecule has 0 bridgehead atoms. The number of anilines is 4. The van der Waals surface area contributed by atoms with Crippen LogP contribution in [0.5, 0.6) is 0 Å². The molecule has 5 rings (SSSR count). The van der Waals surface area contributed by atoms with Crippen LogP contribution >= 0.6 is 0 Å². The summed E-state index contributed by atoms with van der Waals surface area (Å²) in [5, 5.41) is 15.1. The Morgan fingerprint density at radius 2 is 1.92 bits per heavy atom. The summed E-state index contributed by atoms with van der Waals surface area (Å²) >= 11 is 0. The predicted molar refractivity (Wildman–Crippen MR) is 147 cm³/mol. The average Bonchev–Trinajstić information content (AvgIpc) is 2.94. The molecule has 4 heterocycles. The zero-order chi connectivity index (χ0) is 27.4. The number of pyridine rings is 2. The van der Waals surface area contributed by atoms with Gasteiger partial charge < -0.3 is 20.6 Å². The molecule has 4 aromatic rings. The largest absolute Gasteiger partial charge is 0.395 e. The lowest BCUT2D eigenvalue weighted by Gasteiger charge is -2.36. The Balaban J connectivity index is 1.40. The van der Waals surface area contributed by atoms with Crippen LogP contribution in [0.25, 0.3) is 16.7 Å². The lowest BCUT2D eigenvalue weighted by atomic mass is 10.2. The lowest BCUT2D eigenvalue weighted by molar-refractivity contribution is -0.111. The van der Waals surface area contributed by atoms with Gasteiger partial charge in [-0.1, -0.05) is 6.58 Å². The second-order valence-electron chi connectivity index (χ2n) is 8.95. The van der Waals surface area contributed by atoms with Crippen molar-refractivity contribution in [2.75, 3.05) is 54.9 Å². The first-order chi connectivity index (χ1) is 18.9. The number of nitrogens with zero attached hydrogens (tertiary/aromatic N) is 6. The fraction of sp³-hybridized carbons (Fsp3) is 0.222. The number of aliphatic hydroxyl groups is 1. The van der Waals surface area contributed by atoms with Gasteiger partial charge in [-0.2, -0.15) is 4.98 Å². The first-order valence-electron chi connectivity index (χ1n) is 12.4. The van der Waals surface area contributed by atoms with Crippen molar-refractivity contribution in [2.24, 2.45) is 0 Å². The van der Waals surface area contributed by atoms with Gasteiger partial charge in [0, 0.05) is 56.9 Å². The van der Waals surface area contributed by atoms with Crippen LogP contribution in [0.15, 0.2) is 72.6 Å². The number of β-amino-alcohol motifs (C(OH)–C–C–N with tert-alkyl or cyclic N) is 1. The van der Waals surface area contributed by atoms with E-state index in [2.05, 4.69) is 37.1 Å². The maximum absolute atomic E-state index is 15.1. The molecule has 0 spiro atoms. The molecule has 11 nitrogen and oxygen atoms in total. The fourth-order valence-electron chi connectivity index (χ4n) is 4.45. The van der Waals surface area contributed by atoms with E-state index in [0.717, 1.165) is 19.2 Å². The molecule has 1 saturated heterocycles. The molecule has 0 saturated carbocycles. The highest BCUT2D eigenvalue weighted by Gasteiger charge is 2.19. The molecule has 1 amide bonds. The molecule has 0 radical (unpaired) electrons. The Labute approximate surface area is 223 Å². The number of aromatic nitrogens is 4. The molecule has 200 valence electrons. The fourth-order valence-corrected chi connectivity index (χ4v) is 4.45. The topological polar surface area (TPSA) is 129 Å². The van der Waals surface area contributed by atoms with Gasteiger partial charge in [0.15, 0.2) is 11.1 Å². The van der Waals surface area contributed by atoms with Crippen molar-refractivity contribution in [2.45, 2.75) is 0 Å². The van der Waals surface area contributed by atoms with Gasteiger partial charge in [0.25, 0.3) is 0 Å². The van der Waals surface area contributed by atoms with Crippen molar-refractivity contribution in [3.8, 4) is 5.69 Å². The van der Waals surface area contributed by atoms with Crippen molar-refractivity contribution < 1.29 is 14.3 Å². The number of piperazine rings is 1. The third kappa shape index (κ3) is 5.76. The summed E-state index contributed by atoms with van der Waals surface area (Å²) in [4.78, 5) is 41.3. The number of nitrogens with one attached hydrogen (secondary N) is 2. The molecule has 3 N–H and O–H groups in total. The van der Waals surface area contributed by atoms with Crippen LogP contribution in [0.4, 0.5) is 27.4 Å². The van der Waals surface area contributed by atoms with Crippen LogP contribution in [-0.2, 0) is 4.79 Å². The molecule has 1 fully saturated rings. The number of hydrogen-bond donors (Lipinski definition) is 3. The number of carbonyl (C=O) groups excluding carboxylic acids is 1. The van der Waals surface area contributed by atoms with Crippen molar-refractivity contribution in [1.82, 2.24) is 24.4 Å². The summed E-state index contributed by atoms with van der Waals surface area (Å²) in [5.41, 5.74) is 2.02. The normalized spacial score (nSPS) is 13.8. The van der Waals surface area contributed by atoms with Crippen molar-refractivity contribution in [1.29, 1.82) is 0 Å². The van der Waals surface area contributed by atoms with Crippen LogP contribution in [0.1, 0.15) is 0 Å². The van der Waals surface area contributed by atoms with E-state index in [1.807, 2.05) is 4.90 Å². The molecule has 1 aliphatic rings. The summed E-state index contributed by atoms with van der Waals surface area (Å²) in [5.74, 6) is -0.580. The van der Waals surface area contributed by atoms with Crippen LogP contribution in [0.3, 0.4) is 0 Å². The smallest absolute Gasteiger partial charge is 0.247 e. The van der Waals surface area contributed by atoms with Crippen LogP contribution in [0, 0.1) is 5.82 Å². The van der Waals surface area contributed by atoms with Gasteiger partial charge in [0.2, 0.25) is 11.9 Å². The van der Waals surface area contributed by atoms with E-state index < -0.39 is 0 Å². The number of hydrogen-bond acceptors (Lipinski definition) is 9. The van der Waals surface area contributed by atoms with E-state index in [9.17, 15) is 9.59 Å². The summed E-state index contributed by atoms with van der Waals surface area (Å²) in [6.45, 7) is 7.02. The van der Waals surface area contributed by atoms with Gasteiger partial charge in [-0.15, -0.1) is 0 Å². The van der Waals surface area contributed by atoms with Crippen molar-refractivity contribution >= 4 is 40.0 Å². The number of benzene rings is 1. The van der Waals surface area contributed by atoms with E-state index in [1.54, 1.807) is 35.2 Å². The monoisotopic (exact) mass is 530 g/mol. The number of carbonyl (C=O) groups is 1.